The Balaban J connectivity index is 2.10. The van der Waals surface area contributed by atoms with Gasteiger partial charge in [-0.25, -0.2) is 0 Å². The molecule has 94 valence electrons. The van der Waals surface area contributed by atoms with Crippen molar-refractivity contribution in [2.75, 3.05) is 20.8 Å². The Bertz CT molecular complexity index is 351. The first-order chi connectivity index (χ1) is 8.35. The summed E-state index contributed by atoms with van der Waals surface area (Å²) in [5.74, 6) is 0.838. The van der Waals surface area contributed by atoms with E-state index in [2.05, 4.69) is 10.3 Å². The van der Waals surface area contributed by atoms with Crippen LogP contribution in [-0.2, 0) is 4.74 Å². The molecule has 0 saturated carbocycles. The van der Waals surface area contributed by atoms with Gasteiger partial charge in [-0.3, -0.25) is 4.98 Å². The zero-order valence-electron chi connectivity index (χ0n) is 10.5. The molecule has 1 aliphatic heterocycles. The maximum atomic E-state index is 5.67. The van der Waals surface area contributed by atoms with Crippen LogP contribution in [0.1, 0.15) is 31.0 Å². The lowest BCUT2D eigenvalue weighted by molar-refractivity contribution is 0.0947. The summed E-state index contributed by atoms with van der Waals surface area (Å²) in [5, 5.41) is 3.30. The number of ether oxygens (including phenoxy) is 2. The van der Waals surface area contributed by atoms with Crippen LogP contribution in [0.2, 0.25) is 0 Å². The second-order valence-electron chi connectivity index (χ2n) is 4.30. The molecular weight excluding hydrogens is 216 g/mol. The normalized spacial score (nSPS) is 21.4. The van der Waals surface area contributed by atoms with Crippen molar-refractivity contribution in [1.29, 1.82) is 0 Å². The molecule has 0 spiro atoms. The van der Waals surface area contributed by atoms with Crippen LogP contribution in [0.5, 0.6) is 5.75 Å². The maximum Gasteiger partial charge on any atom is 0.141 e. The molecule has 17 heavy (non-hydrogen) atoms. The molecule has 0 aliphatic carbocycles. The third-order valence-electron chi connectivity index (χ3n) is 3.22. The monoisotopic (exact) mass is 236 g/mol. The first-order valence-electron chi connectivity index (χ1n) is 6.13. The molecule has 1 N–H and O–H groups in total. The topological polar surface area (TPSA) is 43.4 Å². The van der Waals surface area contributed by atoms with E-state index in [9.17, 15) is 0 Å². The predicted molar refractivity (Wildman–Crippen MR) is 66.2 cm³/mol. The molecule has 2 unspecified atom stereocenters. The number of hydrogen-bond donors (Lipinski definition) is 1. The van der Waals surface area contributed by atoms with Gasteiger partial charge < -0.3 is 14.8 Å². The first kappa shape index (κ1) is 12.3. The molecule has 2 atom stereocenters. The summed E-state index contributed by atoms with van der Waals surface area (Å²) < 4.78 is 11.0. The van der Waals surface area contributed by atoms with Crippen molar-refractivity contribution in [3.05, 3.63) is 24.0 Å². The molecule has 1 fully saturated rings. The Labute approximate surface area is 102 Å². The van der Waals surface area contributed by atoms with Crippen LogP contribution in [0.25, 0.3) is 0 Å². The summed E-state index contributed by atoms with van der Waals surface area (Å²) >= 11 is 0. The van der Waals surface area contributed by atoms with Crippen molar-refractivity contribution < 1.29 is 9.47 Å². The molecule has 1 saturated heterocycles. The lowest BCUT2D eigenvalue weighted by Gasteiger charge is -2.20. The van der Waals surface area contributed by atoms with Crippen LogP contribution >= 0.6 is 0 Å². The third kappa shape index (κ3) is 2.96. The average molecular weight is 236 g/mol. The second-order valence-corrected chi connectivity index (χ2v) is 4.30. The highest BCUT2D eigenvalue weighted by molar-refractivity contribution is 5.29. The Morgan fingerprint density at radius 3 is 3.18 bits per heavy atom. The Hall–Kier alpha value is -1.13. The maximum absolute atomic E-state index is 5.67. The van der Waals surface area contributed by atoms with Crippen LogP contribution in [0, 0.1) is 0 Å². The summed E-state index contributed by atoms with van der Waals surface area (Å²) in [6.45, 7) is 0.889. The van der Waals surface area contributed by atoms with E-state index in [1.807, 2.05) is 19.2 Å². The zero-order chi connectivity index (χ0) is 12.1. The van der Waals surface area contributed by atoms with E-state index >= 15 is 0 Å². The lowest BCUT2D eigenvalue weighted by atomic mass is 10.0. The summed E-state index contributed by atoms with van der Waals surface area (Å²) in [5.41, 5.74) is 0.966. The SMILES string of the molecule is CNC(CC1CCCO1)c1ncccc1OC. The Morgan fingerprint density at radius 2 is 2.53 bits per heavy atom. The van der Waals surface area contributed by atoms with Crippen molar-refractivity contribution >= 4 is 0 Å². The summed E-state index contributed by atoms with van der Waals surface area (Å²) in [4.78, 5) is 4.42. The van der Waals surface area contributed by atoms with Gasteiger partial charge in [0, 0.05) is 12.8 Å². The number of nitrogens with one attached hydrogen (secondary N) is 1. The molecule has 2 rings (SSSR count). The van der Waals surface area contributed by atoms with E-state index < -0.39 is 0 Å². The summed E-state index contributed by atoms with van der Waals surface area (Å²) in [6.07, 6.45) is 5.41. The van der Waals surface area contributed by atoms with Crippen LogP contribution in [-0.4, -0.2) is 31.9 Å². The van der Waals surface area contributed by atoms with E-state index in [1.54, 1.807) is 13.3 Å². The molecule has 1 aliphatic rings. The van der Waals surface area contributed by atoms with E-state index in [0.717, 1.165) is 30.9 Å². The summed E-state index contributed by atoms with van der Waals surface area (Å²) in [6, 6.07) is 4.03. The molecule has 1 aromatic heterocycles. The highest BCUT2D eigenvalue weighted by Gasteiger charge is 2.23. The van der Waals surface area contributed by atoms with Crippen molar-refractivity contribution in [1.82, 2.24) is 10.3 Å². The van der Waals surface area contributed by atoms with Crippen LogP contribution in [0.3, 0.4) is 0 Å². The highest BCUT2D eigenvalue weighted by Crippen LogP contribution is 2.28. The van der Waals surface area contributed by atoms with Gasteiger partial charge in [-0.15, -0.1) is 0 Å². The van der Waals surface area contributed by atoms with Gasteiger partial charge in [0.1, 0.15) is 5.75 Å². The average Bonchev–Trinajstić information content (AvgIpc) is 2.89. The molecule has 4 heteroatoms. The van der Waals surface area contributed by atoms with Crippen molar-refractivity contribution in [2.45, 2.75) is 31.4 Å². The van der Waals surface area contributed by atoms with Crippen molar-refractivity contribution in [2.24, 2.45) is 0 Å². The van der Waals surface area contributed by atoms with Gasteiger partial charge in [0.15, 0.2) is 0 Å². The quantitative estimate of drug-likeness (QED) is 0.848. The number of nitrogens with zero attached hydrogens (tertiary/aromatic N) is 1. The fourth-order valence-corrected chi connectivity index (χ4v) is 2.30. The fraction of sp³-hybridized carbons (Fsp3) is 0.615. The minimum atomic E-state index is 0.189. The van der Waals surface area contributed by atoms with Crippen molar-refractivity contribution in [3.63, 3.8) is 0 Å². The Kier molecular flexibility index (Phi) is 4.34. The van der Waals surface area contributed by atoms with Crippen LogP contribution < -0.4 is 10.1 Å². The molecular formula is C13H20N2O2. The second kappa shape index (κ2) is 5.98. The van der Waals surface area contributed by atoms with E-state index in [-0.39, 0.29) is 6.04 Å². The van der Waals surface area contributed by atoms with Gasteiger partial charge in [0.25, 0.3) is 0 Å². The minimum absolute atomic E-state index is 0.189. The van der Waals surface area contributed by atoms with Crippen LogP contribution in [0.4, 0.5) is 0 Å². The minimum Gasteiger partial charge on any atom is -0.495 e. The van der Waals surface area contributed by atoms with Gasteiger partial charge in [0.2, 0.25) is 0 Å². The number of methoxy groups -OCH3 is 1. The molecule has 1 aromatic rings. The van der Waals surface area contributed by atoms with Crippen LogP contribution in [0.15, 0.2) is 18.3 Å². The molecule has 0 aromatic carbocycles. The number of pyridine rings is 1. The number of aromatic nitrogens is 1. The van der Waals surface area contributed by atoms with E-state index in [4.69, 9.17) is 9.47 Å². The van der Waals surface area contributed by atoms with E-state index in [0.29, 0.717) is 6.10 Å². The van der Waals surface area contributed by atoms with Gasteiger partial charge in [-0.05, 0) is 38.4 Å². The van der Waals surface area contributed by atoms with Gasteiger partial charge >= 0.3 is 0 Å². The number of hydrogen-bond acceptors (Lipinski definition) is 4. The highest BCUT2D eigenvalue weighted by atomic mass is 16.5. The largest absolute Gasteiger partial charge is 0.495 e. The van der Waals surface area contributed by atoms with Gasteiger partial charge in [-0.1, -0.05) is 0 Å². The lowest BCUT2D eigenvalue weighted by Crippen LogP contribution is -2.23. The molecule has 0 amide bonds. The molecule has 4 nitrogen and oxygen atoms in total. The zero-order valence-corrected chi connectivity index (χ0v) is 10.5. The Morgan fingerprint density at radius 1 is 1.65 bits per heavy atom. The van der Waals surface area contributed by atoms with Crippen molar-refractivity contribution in [3.8, 4) is 5.75 Å². The standard InChI is InChI=1S/C13H20N2O2/c1-14-11(9-10-5-4-8-17-10)13-12(16-2)6-3-7-15-13/h3,6-7,10-11,14H,4-5,8-9H2,1-2H3. The molecule has 0 bridgehead atoms. The third-order valence-corrected chi connectivity index (χ3v) is 3.22. The smallest absolute Gasteiger partial charge is 0.141 e. The van der Waals surface area contributed by atoms with Gasteiger partial charge in [-0.2, -0.15) is 0 Å². The molecule has 0 radical (unpaired) electrons. The number of rotatable bonds is 5. The fourth-order valence-electron chi connectivity index (χ4n) is 2.30. The predicted octanol–water partition coefficient (Wildman–Crippen LogP) is 1.92. The van der Waals surface area contributed by atoms with Gasteiger partial charge in [0.05, 0.1) is 24.9 Å². The van der Waals surface area contributed by atoms with E-state index in [1.165, 1.54) is 6.42 Å². The first-order valence-corrected chi connectivity index (χ1v) is 6.13. The molecule has 2 heterocycles. The summed E-state index contributed by atoms with van der Waals surface area (Å²) in [7, 11) is 3.63.